The van der Waals surface area contributed by atoms with Gasteiger partial charge in [0.2, 0.25) is 5.91 Å². The summed E-state index contributed by atoms with van der Waals surface area (Å²) in [5, 5.41) is 5.48. The molecule has 0 spiro atoms. The number of halogens is 1. The molecule has 2 aromatic carbocycles. The first-order chi connectivity index (χ1) is 9.95. The highest BCUT2D eigenvalue weighted by molar-refractivity contribution is 9.10. The fourth-order valence-corrected chi connectivity index (χ4v) is 2.19. The first-order valence-corrected chi connectivity index (χ1v) is 7.20. The molecule has 0 unspecified atom stereocenters. The van der Waals surface area contributed by atoms with E-state index < -0.39 is 0 Å². The predicted molar refractivity (Wildman–Crippen MR) is 87.6 cm³/mol. The second-order valence-electron chi connectivity index (χ2n) is 4.68. The van der Waals surface area contributed by atoms with Crippen molar-refractivity contribution in [2.75, 3.05) is 10.6 Å². The Bertz CT molecular complexity index is 698. The summed E-state index contributed by atoms with van der Waals surface area (Å²) in [7, 11) is 0. The van der Waals surface area contributed by atoms with Gasteiger partial charge in [-0.05, 0) is 42.8 Å². The van der Waals surface area contributed by atoms with E-state index in [0.29, 0.717) is 16.9 Å². The molecule has 0 fully saturated rings. The van der Waals surface area contributed by atoms with E-state index in [1.807, 2.05) is 13.0 Å². The second-order valence-corrected chi connectivity index (χ2v) is 5.53. The average molecular weight is 347 g/mol. The molecule has 0 atom stereocenters. The number of carbonyl (C=O) groups excluding carboxylic acids is 2. The van der Waals surface area contributed by atoms with Gasteiger partial charge in [-0.2, -0.15) is 0 Å². The van der Waals surface area contributed by atoms with Crippen LogP contribution < -0.4 is 10.6 Å². The van der Waals surface area contributed by atoms with Gasteiger partial charge in [0.05, 0.1) is 0 Å². The van der Waals surface area contributed by atoms with Gasteiger partial charge in [-0.3, -0.25) is 9.59 Å². The molecular formula is C16H15BrN2O2. The Balaban J connectivity index is 2.15. The molecule has 0 aliphatic rings. The zero-order chi connectivity index (χ0) is 15.4. The Morgan fingerprint density at radius 3 is 2.29 bits per heavy atom. The van der Waals surface area contributed by atoms with E-state index >= 15 is 0 Å². The van der Waals surface area contributed by atoms with Crippen molar-refractivity contribution in [2.24, 2.45) is 0 Å². The summed E-state index contributed by atoms with van der Waals surface area (Å²) in [6.45, 7) is 3.40. The van der Waals surface area contributed by atoms with Gasteiger partial charge in [0.25, 0.3) is 5.91 Å². The predicted octanol–water partition coefficient (Wildman–Crippen LogP) is 3.97. The van der Waals surface area contributed by atoms with Crippen molar-refractivity contribution in [1.29, 1.82) is 0 Å². The van der Waals surface area contributed by atoms with E-state index in [1.165, 1.54) is 6.92 Å². The molecule has 2 amide bonds. The Kier molecular flexibility index (Phi) is 4.75. The van der Waals surface area contributed by atoms with Crippen LogP contribution in [0.25, 0.3) is 0 Å². The molecule has 4 nitrogen and oxygen atoms in total. The standard InChI is InChI=1S/C16H15BrN2O2/c1-10-6-7-12(8-15(10)17)16(21)19-14-5-3-4-13(9-14)18-11(2)20/h3-9H,1-2H3,(H,18,20)(H,19,21). The van der Waals surface area contributed by atoms with Crippen LogP contribution in [0, 0.1) is 6.92 Å². The van der Waals surface area contributed by atoms with Crippen molar-refractivity contribution in [3.05, 3.63) is 58.1 Å². The summed E-state index contributed by atoms with van der Waals surface area (Å²) in [6.07, 6.45) is 0. The third-order valence-corrected chi connectivity index (χ3v) is 3.73. The number of hydrogen-bond donors (Lipinski definition) is 2. The van der Waals surface area contributed by atoms with Crippen LogP contribution in [-0.2, 0) is 4.79 Å². The maximum Gasteiger partial charge on any atom is 0.255 e. The highest BCUT2D eigenvalue weighted by atomic mass is 79.9. The maximum atomic E-state index is 12.2. The highest BCUT2D eigenvalue weighted by Crippen LogP contribution is 2.20. The van der Waals surface area contributed by atoms with Crippen LogP contribution in [0.1, 0.15) is 22.8 Å². The van der Waals surface area contributed by atoms with Gasteiger partial charge in [0, 0.05) is 28.3 Å². The topological polar surface area (TPSA) is 58.2 Å². The van der Waals surface area contributed by atoms with E-state index in [4.69, 9.17) is 0 Å². The molecule has 5 heteroatoms. The number of amides is 2. The summed E-state index contributed by atoms with van der Waals surface area (Å²) >= 11 is 3.41. The van der Waals surface area contributed by atoms with E-state index in [0.717, 1.165) is 10.0 Å². The minimum Gasteiger partial charge on any atom is -0.326 e. The zero-order valence-electron chi connectivity index (χ0n) is 11.7. The molecular weight excluding hydrogens is 332 g/mol. The van der Waals surface area contributed by atoms with Gasteiger partial charge in [-0.15, -0.1) is 0 Å². The lowest BCUT2D eigenvalue weighted by molar-refractivity contribution is -0.114. The average Bonchev–Trinajstić information content (AvgIpc) is 2.41. The third kappa shape index (κ3) is 4.16. The van der Waals surface area contributed by atoms with Crippen molar-refractivity contribution >= 4 is 39.1 Å². The Hall–Kier alpha value is -2.14. The van der Waals surface area contributed by atoms with Gasteiger partial charge in [-0.25, -0.2) is 0 Å². The second kappa shape index (κ2) is 6.54. The molecule has 0 aliphatic heterocycles. The molecule has 2 aromatic rings. The van der Waals surface area contributed by atoms with Crippen LogP contribution >= 0.6 is 15.9 Å². The summed E-state index contributed by atoms with van der Waals surface area (Å²) < 4.78 is 0.891. The summed E-state index contributed by atoms with van der Waals surface area (Å²) in [5.41, 5.74) is 2.91. The van der Waals surface area contributed by atoms with Crippen LogP contribution in [-0.4, -0.2) is 11.8 Å². The Morgan fingerprint density at radius 2 is 1.67 bits per heavy atom. The molecule has 0 saturated carbocycles. The number of hydrogen-bond acceptors (Lipinski definition) is 2. The number of rotatable bonds is 3. The molecule has 0 aliphatic carbocycles. The van der Waals surface area contributed by atoms with Crippen LogP contribution in [0.3, 0.4) is 0 Å². The minimum atomic E-state index is -0.198. The normalized spacial score (nSPS) is 10.0. The third-order valence-electron chi connectivity index (χ3n) is 2.87. The molecule has 0 saturated heterocycles. The number of benzene rings is 2. The number of aryl methyl sites for hydroxylation is 1. The SMILES string of the molecule is CC(=O)Nc1cccc(NC(=O)c2ccc(C)c(Br)c2)c1. The number of carbonyl (C=O) groups is 2. The van der Waals surface area contributed by atoms with Gasteiger partial charge >= 0.3 is 0 Å². The van der Waals surface area contributed by atoms with Crippen LogP contribution in [0.2, 0.25) is 0 Å². The summed E-state index contributed by atoms with van der Waals surface area (Å²) in [5.74, 6) is -0.350. The molecule has 108 valence electrons. The number of anilines is 2. The van der Waals surface area contributed by atoms with Crippen molar-refractivity contribution in [3.63, 3.8) is 0 Å². The quantitative estimate of drug-likeness (QED) is 0.883. The van der Waals surface area contributed by atoms with Crippen molar-refractivity contribution in [3.8, 4) is 0 Å². The van der Waals surface area contributed by atoms with Gasteiger partial charge in [0.1, 0.15) is 0 Å². The van der Waals surface area contributed by atoms with E-state index in [-0.39, 0.29) is 11.8 Å². The first-order valence-electron chi connectivity index (χ1n) is 6.41. The highest BCUT2D eigenvalue weighted by Gasteiger charge is 2.08. The van der Waals surface area contributed by atoms with Crippen LogP contribution in [0.4, 0.5) is 11.4 Å². The van der Waals surface area contributed by atoms with Gasteiger partial charge in [0.15, 0.2) is 0 Å². The van der Waals surface area contributed by atoms with Crippen molar-refractivity contribution in [2.45, 2.75) is 13.8 Å². The van der Waals surface area contributed by atoms with E-state index in [1.54, 1.807) is 36.4 Å². The Labute approximate surface area is 131 Å². The molecule has 2 N–H and O–H groups in total. The van der Waals surface area contributed by atoms with Gasteiger partial charge < -0.3 is 10.6 Å². The summed E-state index contributed by atoms with van der Waals surface area (Å²) in [6, 6.07) is 12.4. The minimum absolute atomic E-state index is 0.152. The lowest BCUT2D eigenvalue weighted by Crippen LogP contribution is -2.12. The summed E-state index contributed by atoms with van der Waals surface area (Å²) in [4.78, 5) is 23.2. The van der Waals surface area contributed by atoms with E-state index in [2.05, 4.69) is 26.6 Å². The smallest absolute Gasteiger partial charge is 0.255 e. The van der Waals surface area contributed by atoms with Crippen LogP contribution in [0.15, 0.2) is 46.9 Å². The van der Waals surface area contributed by atoms with Crippen LogP contribution in [0.5, 0.6) is 0 Å². The lowest BCUT2D eigenvalue weighted by Gasteiger charge is -2.08. The molecule has 21 heavy (non-hydrogen) atoms. The maximum absolute atomic E-state index is 12.2. The van der Waals surface area contributed by atoms with Crippen molar-refractivity contribution in [1.82, 2.24) is 0 Å². The fraction of sp³-hybridized carbons (Fsp3) is 0.125. The van der Waals surface area contributed by atoms with Gasteiger partial charge in [-0.1, -0.05) is 28.1 Å². The molecule has 2 rings (SSSR count). The molecule has 0 heterocycles. The van der Waals surface area contributed by atoms with E-state index in [9.17, 15) is 9.59 Å². The van der Waals surface area contributed by atoms with Crippen molar-refractivity contribution < 1.29 is 9.59 Å². The largest absolute Gasteiger partial charge is 0.326 e. The molecule has 0 radical (unpaired) electrons. The molecule has 0 aromatic heterocycles. The Morgan fingerprint density at radius 1 is 1.00 bits per heavy atom. The lowest BCUT2D eigenvalue weighted by atomic mass is 10.1. The first kappa shape index (κ1) is 15.3. The number of nitrogens with one attached hydrogen (secondary N) is 2. The zero-order valence-corrected chi connectivity index (χ0v) is 13.3. The molecule has 0 bridgehead atoms. The fourth-order valence-electron chi connectivity index (χ4n) is 1.82. The monoisotopic (exact) mass is 346 g/mol.